The minimum absolute atomic E-state index is 0.710. The highest BCUT2D eigenvalue weighted by Gasteiger charge is 2.14. The molecule has 3 nitrogen and oxygen atoms in total. The van der Waals surface area contributed by atoms with Gasteiger partial charge < -0.3 is 0 Å². The van der Waals surface area contributed by atoms with Crippen molar-refractivity contribution in [1.29, 1.82) is 0 Å². The van der Waals surface area contributed by atoms with Crippen LogP contribution in [0.4, 0.5) is 0 Å². The van der Waals surface area contributed by atoms with E-state index in [9.17, 15) is 0 Å². The van der Waals surface area contributed by atoms with E-state index in [1.54, 1.807) is 11.3 Å². The van der Waals surface area contributed by atoms with E-state index in [2.05, 4.69) is 121 Å². The van der Waals surface area contributed by atoms with E-state index in [0.29, 0.717) is 5.82 Å². The number of aromatic nitrogens is 3. The van der Waals surface area contributed by atoms with Gasteiger partial charge in [0.1, 0.15) is 5.01 Å². The SMILES string of the molecule is c1ccc(-c2cc(-c3ccccc3)nc(-c3ccc(-c4ccc5ccc6ccc7sc(-c8ccccc8)nc7c6c5c4)cc3)n2)cc1. The minimum Gasteiger partial charge on any atom is -0.235 e. The quantitative estimate of drug-likeness (QED) is 0.180. The Balaban J connectivity index is 1.13. The predicted molar refractivity (Wildman–Crippen MR) is 197 cm³/mol. The Labute approximate surface area is 276 Å². The van der Waals surface area contributed by atoms with E-state index in [-0.39, 0.29) is 0 Å². The van der Waals surface area contributed by atoms with Crippen molar-refractivity contribution in [1.82, 2.24) is 15.0 Å². The fourth-order valence-electron chi connectivity index (χ4n) is 6.31. The van der Waals surface area contributed by atoms with Crippen molar-refractivity contribution in [3.05, 3.63) is 164 Å². The van der Waals surface area contributed by atoms with Gasteiger partial charge in [-0.25, -0.2) is 15.0 Å². The van der Waals surface area contributed by atoms with Gasteiger partial charge in [0.15, 0.2) is 5.82 Å². The number of hydrogen-bond donors (Lipinski definition) is 0. The molecule has 0 aliphatic heterocycles. The molecule has 220 valence electrons. The minimum atomic E-state index is 0.710. The second kappa shape index (κ2) is 11.4. The summed E-state index contributed by atoms with van der Waals surface area (Å²) in [5.74, 6) is 0.710. The van der Waals surface area contributed by atoms with Gasteiger partial charge in [-0.2, -0.15) is 0 Å². The van der Waals surface area contributed by atoms with Crippen LogP contribution in [-0.4, -0.2) is 15.0 Å². The Hall–Kier alpha value is -5.97. The standard InChI is InChI=1S/C43H27N3S/c1-4-10-30(11-5-1)37-27-38(31-12-6-2-7-13-31)45-42(44-37)33-21-16-28(17-22-33)35-23-19-29-18-20-32-24-25-39-41(40(32)36(29)26-35)46-43(47-39)34-14-8-3-9-15-34/h1-27H. The van der Waals surface area contributed by atoms with Gasteiger partial charge in [-0.15, -0.1) is 11.3 Å². The van der Waals surface area contributed by atoms with Crippen molar-refractivity contribution < 1.29 is 0 Å². The van der Waals surface area contributed by atoms with Crippen molar-refractivity contribution in [2.24, 2.45) is 0 Å². The summed E-state index contributed by atoms with van der Waals surface area (Å²) in [4.78, 5) is 15.2. The van der Waals surface area contributed by atoms with Crippen molar-refractivity contribution in [3.8, 4) is 55.6 Å². The number of fused-ring (bicyclic) bond motifs is 5. The molecule has 0 saturated carbocycles. The first-order valence-electron chi connectivity index (χ1n) is 15.7. The molecule has 0 fully saturated rings. The second-order valence-electron chi connectivity index (χ2n) is 11.7. The Bertz CT molecular complexity index is 2480. The van der Waals surface area contributed by atoms with Crippen LogP contribution in [0.5, 0.6) is 0 Å². The molecule has 0 radical (unpaired) electrons. The molecule has 0 bridgehead atoms. The monoisotopic (exact) mass is 617 g/mol. The van der Waals surface area contributed by atoms with Crippen LogP contribution in [0.1, 0.15) is 0 Å². The summed E-state index contributed by atoms with van der Waals surface area (Å²) >= 11 is 1.75. The zero-order valence-corrected chi connectivity index (χ0v) is 26.2. The summed E-state index contributed by atoms with van der Waals surface area (Å²) in [7, 11) is 0. The summed E-state index contributed by atoms with van der Waals surface area (Å²) in [6, 6.07) is 57.3. The fourth-order valence-corrected chi connectivity index (χ4v) is 7.29. The molecular formula is C43H27N3S. The van der Waals surface area contributed by atoms with Crippen LogP contribution >= 0.6 is 11.3 Å². The third kappa shape index (κ3) is 5.05. The molecule has 9 aromatic rings. The van der Waals surface area contributed by atoms with Crippen molar-refractivity contribution in [2.75, 3.05) is 0 Å². The highest BCUT2D eigenvalue weighted by atomic mass is 32.1. The predicted octanol–water partition coefficient (Wildman–Crippen LogP) is 11.7. The van der Waals surface area contributed by atoms with Crippen LogP contribution in [0, 0.1) is 0 Å². The van der Waals surface area contributed by atoms with E-state index < -0.39 is 0 Å². The molecule has 0 aliphatic carbocycles. The maximum Gasteiger partial charge on any atom is 0.160 e. The molecule has 4 heteroatoms. The van der Waals surface area contributed by atoms with Crippen molar-refractivity contribution in [2.45, 2.75) is 0 Å². The third-order valence-electron chi connectivity index (χ3n) is 8.72. The molecule has 0 saturated heterocycles. The number of nitrogens with zero attached hydrogens (tertiary/aromatic N) is 3. The number of thiazole rings is 1. The van der Waals surface area contributed by atoms with E-state index >= 15 is 0 Å². The van der Waals surface area contributed by atoms with Gasteiger partial charge in [-0.3, -0.25) is 0 Å². The third-order valence-corrected chi connectivity index (χ3v) is 9.79. The zero-order chi connectivity index (χ0) is 31.2. The molecule has 0 aliphatic rings. The molecule has 7 aromatic carbocycles. The van der Waals surface area contributed by atoms with Crippen molar-refractivity contribution >= 4 is 43.1 Å². The summed E-state index contributed by atoms with van der Waals surface area (Å²) in [5.41, 5.74) is 9.45. The van der Waals surface area contributed by atoms with Gasteiger partial charge >= 0.3 is 0 Å². The topological polar surface area (TPSA) is 38.7 Å². The van der Waals surface area contributed by atoms with Crippen molar-refractivity contribution in [3.63, 3.8) is 0 Å². The van der Waals surface area contributed by atoms with E-state index in [0.717, 1.165) is 55.3 Å². The normalized spacial score (nSPS) is 11.4. The van der Waals surface area contributed by atoms with Crippen LogP contribution in [-0.2, 0) is 0 Å². The largest absolute Gasteiger partial charge is 0.235 e. The molecule has 0 atom stereocenters. The van der Waals surface area contributed by atoms with Gasteiger partial charge in [0.2, 0.25) is 0 Å². The summed E-state index contributed by atoms with van der Waals surface area (Å²) < 4.78 is 1.20. The van der Waals surface area contributed by atoms with Gasteiger partial charge in [0.25, 0.3) is 0 Å². The lowest BCUT2D eigenvalue weighted by Gasteiger charge is -2.11. The molecule has 2 heterocycles. The molecule has 2 aromatic heterocycles. The van der Waals surface area contributed by atoms with Gasteiger partial charge in [0.05, 0.1) is 21.6 Å². The van der Waals surface area contributed by atoms with Crippen LogP contribution in [0.2, 0.25) is 0 Å². The second-order valence-corrected chi connectivity index (χ2v) is 12.7. The molecule has 9 rings (SSSR count). The number of rotatable bonds is 5. The Kier molecular flexibility index (Phi) is 6.65. The summed E-state index contributed by atoms with van der Waals surface area (Å²) in [6.07, 6.45) is 0. The molecular weight excluding hydrogens is 591 g/mol. The zero-order valence-electron chi connectivity index (χ0n) is 25.3. The summed E-state index contributed by atoms with van der Waals surface area (Å²) in [5, 5.41) is 5.87. The maximum absolute atomic E-state index is 5.17. The Morgan fingerprint density at radius 3 is 1.57 bits per heavy atom. The van der Waals surface area contributed by atoms with E-state index in [4.69, 9.17) is 15.0 Å². The highest BCUT2D eigenvalue weighted by molar-refractivity contribution is 7.21. The molecule has 0 spiro atoms. The van der Waals surface area contributed by atoms with Gasteiger partial charge in [-0.05, 0) is 45.5 Å². The first-order valence-corrected chi connectivity index (χ1v) is 16.5. The van der Waals surface area contributed by atoms with Crippen LogP contribution in [0.15, 0.2) is 164 Å². The van der Waals surface area contributed by atoms with Crippen LogP contribution in [0.25, 0.3) is 87.4 Å². The van der Waals surface area contributed by atoms with E-state index in [1.165, 1.54) is 26.2 Å². The lowest BCUT2D eigenvalue weighted by Crippen LogP contribution is -1.95. The number of hydrogen-bond acceptors (Lipinski definition) is 4. The van der Waals surface area contributed by atoms with Gasteiger partial charge in [-0.1, -0.05) is 146 Å². The summed E-state index contributed by atoms with van der Waals surface area (Å²) in [6.45, 7) is 0. The van der Waals surface area contributed by atoms with E-state index in [1.807, 2.05) is 42.5 Å². The Morgan fingerprint density at radius 2 is 0.915 bits per heavy atom. The lowest BCUT2D eigenvalue weighted by molar-refractivity contribution is 1.18. The number of benzene rings is 7. The molecule has 47 heavy (non-hydrogen) atoms. The maximum atomic E-state index is 5.17. The molecule has 0 amide bonds. The fraction of sp³-hybridized carbons (Fsp3) is 0. The lowest BCUT2D eigenvalue weighted by atomic mass is 9.96. The first kappa shape index (κ1) is 27.3. The molecule has 0 unspecified atom stereocenters. The average molecular weight is 618 g/mol. The Morgan fingerprint density at radius 1 is 0.383 bits per heavy atom. The van der Waals surface area contributed by atoms with Gasteiger partial charge in [0, 0.05) is 27.6 Å². The van der Waals surface area contributed by atoms with Crippen LogP contribution < -0.4 is 0 Å². The van der Waals surface area contributed by atoms with Crippen LogP contribution in [0.3, 0.4) is 0 Å². The molecule has 0 N–H and O–H groups in total. The highest BCUT2D eigenvalue weighted by Crippen LogP contribution is 2.39. The average Bonchev–Trinajstić information content (AvgIpc) is 3.60. The first-order chi connectivity index (χ1) is 23.3. The smallest absolute Gasteiger partial charge is 0.160 e.